The molecule has 0 aliphatic heterocycles. The van der Waals surface area contributed by atoms with Crippen molar-refractivity contribution in [3.05, 3.63) is 59.1 Å². The molecule has 3 rings (SSSR count). The summed E-state index contributed by atoms with van der Waals surface area (Å²) in [5.41, 5.74) is 0.0560. The first kappa shape index (κ1) is 22.4. The molecule has 0 radical (unpaired) electrons. The predicted octanol–water partition coefficient (Wildman–Crippen LogP) is 2.62. The molecule has 0 saturated heterocycles. The standard InChI is InChI=1S/C21H21ClFN3O5/c1-21(26-19(28)12-31-15-4-6-20(29-2)24-10-15)8-13(9-21)25-18(27)11-30-14-3-5-16(22)17(23)7-14/h3-8,10H,9,11-12H2,1-2H3,(H,25,27)(H,26,28). The molecule has 0 fully saturated rings. The van der Waals surface area contributed by atoms with Crippen LogP contribution in [0.5, 0.6) is 17.4 Å². The van der Waals surface area contributed by atoms with Crippen molar-refractivity contribution in [2.75, 3.05) is 20.3 Å². The Labute approximate surface area is 183 Å². The third-order valence-electron chi connectivity index (χ3n) is 4.32. The van der Waals surface area contributed by atoms with Crippen molar-refractivity contribution in [1.82, 2.24) is 15.6 Å². The van der Waals surface area contributed by atoms with Crippen LogP contribution in [0.15, 0.2) is 48.3 Å². The molecule has 2 N–H and O–H groups in total. The first-order valence-electron chi connectivity index (χ1n) is 9.29. The van der Waals surface area contributed by atoms with E-state index in [9.17, 15) is 14.0 Å². The van der Waals surface area contributed by atoms with E-state index in [1.54, 1.807) is 18.2 Å². The number of nitrogens with one attached hydrogen (secondary N) is 2. The fourth-order valence-corrected chi connectivity index (χ4v) is 3.04. The number of ether oxygens (including phenoxy) is 3. The maximum absolute atomic E-state index is 13.4. The van der Waals surface area contributed by atoms with E-state index in [0.717, 1.165) is 6.07 Å². The van der Waals surface area contributed by atoms with Gasteiger partial charge in [0.25, 0.3) is 11.8 Å². The first-order valence-corrected chi connectivity index (χ1v) is 9.67. The SMILES string of the molecule is COc1ccc(OCC(=O)NC2(C)C=C(NC(=O)COc3ccc(Cl)c(F)c3)C2)cn1. The normalized spacial score (nSPS) is 17.1. The van der Waals surface area contributed by atoms with Gasteiger partial charge in [-0.1, -0.05) is 11.6 Å². The predicted molar refractivity (Wildman–Crippen MR) is 111 cm³/mol. The van der Waals surface area contributed by atoms with Crippen LogP contribution in [0, 0.1) is 5.82 Å². The molecule has 164 valence electrons. The highest BCUT2D eigenvalue weighted by Gasteiger charge is 2.34. The zero-order valence-electron chi connectivity index (χ0n) is 16.9. The van der Waals surface area contributed by atoms with E-state index in [2.05, 4.69) is 15.6 Å². The number of hydrogen-bond donors (Lipinski definition) is 2. The number of pyridine rings is 1. The zero-order valence-corrected chi connectivity index (χ0v) is 17.7. The van der Waals surface area contributed by atoms with Gasteiger partial charge in [-0.15, -0.1) is 0 Å². The van der Waals surface area contributed by atoms with E-state index in [4.69, 9.17) is 25.8 Å². The summed E-state index contributed by atoms with van der Waals surface area (Å²) in [6.45, 7) is 1.36. The number of nitrogens with zero attached hydrogens (tertiary/aromatic N) is 1. The van der Waals surface area contributed by atoms with Crippen LogP contribution in [0.25, 0.3) is 0 Å². The van der Waals surface area contributed by atoms with E-state index in [0.29, 0.717) is 23.7 Å². The quantitative estimate of drug-likeness (QED) is 0.610. The average molecular weight is 450 g/mol. The molecule has 0 bridgehead atoms. The average Bonchev–Trinajstić information content (AvgIpc) is 2.72. The van der Waals surface area contributed by atoms with E-state index in [1.807, 2.05) is 6.92 Å². The highest BCUT2D eigenvalue weighted by Crippen LogP contribution is 2.28. The lowest BCUT2D eigenvalue weighted by atomic mass is 9.84. The van der Waals surface area contributed by atoms with Gasteiger partial charge in [0.15, 0.2) is 13.2 Å². The van der Waals surface area contributed by atoms with Gasteiger partial charge in [0, 0.05) is 24.3 Å². The van der Waals surface area contributed by atoms with Crippen molar-refractivity contribution in [1.29, 1.82) is 0 Å². The Bertz CT molecular complexity index is 999. The largest absolute Gasteiger partial charge is 0.484 e. The molecule has 8 nitrogen and oxygen atoms in total. The summed E-state index contributed by atoms with van der Waals surface area (Å²) >= 11 is 5.60. The lowest BCUT2D eigenvalue weighted by Crippen LogP contribution is -2.53. The van der Waals surface area contributed by atoms with Gasteiger partial charge in [-0.05, 0) is 31.2 Å². The number of rotatable bonds is 9. The molecule has 0 saturated carbocycles. The number of aromatic nitrogens is 1. The fourth-order valence-electron chi connectivity index (χ4n) is 2.92. The van der Waals surface area contributed by atoms with Crippen LogP contribution in [-0.2, 0) is 9.59 Å². The van der Waals surface area contributed by atoms with Crippen LogP contribution in [0.3, 0.4) is 0 Å². The zero-order chi connectivity index (χ0) is 22.4. The minimum atomic E-state index is -0.625. The molecule has 1 aliphatic rings. The summed E-state index contributed by atoms with van der Waals surface area (Å²) in [7, 11) is 1.51. The Hall–Kier alpha value is -3.33. The number of carbonyl (C=O) groups is 2. The highest BCUT2D eigenvalue weighted by molar-refractivity contribution is 6.30. The summed E-state index contributed by atoms with van der Waals surface area (Å²) in [6.07, 6.45) is 3.63. The smallest absolute Gasteiger partial charge is 0.262 e. The Morgan fingerprint density at radius 1 is 1.16 bits per heavy atom. The molecule has 1 atom stereocenters. The van der Waals surface area contributed by atoms with Gasteiger partial charge in [-0.2, -0.15) is 0 Å². The van der Waals surface area contributed by atoms with E-state index in [-0.39, 0.29) is 29.9 Å². The molecule has 31 heavy (non-hydrogen) atoms. The van der Waals surface area contributed by atoms with Gasteiger partial charge in [-0.25, -0.2) is 9.37 Å². The molecule has 2 aromatic rings. The summed E-state index contributed by atoms with van der Waals surface area (Å²) in [5.74, 6) is -0.245. The maximum Gasteiger partial charge on any atom is 0.262 e. The second kappa shape index (κ2) is 9.65. The second-order valence-electron chi connectivity index (χ2n) is 7.05. The third-order valence-corrected chi connectivity index (χ3v) is 4.63. The first-order chi connectivity index (χ1) is 14.8. The maximum atomic E-state index is 13.4. The molecular weight excluding hydrogens is 429 g/mol. The molecular formula is C21H21ClFN3O5. The fraction of sp³-hybridized carbons (Fsp3) is 0.286. The van der Waals surface area contributed by atoms with Gasteiger partial charge < -0.3 is 24.8 Å². The molecule has 0 spiro atoms. The van der Waals surface area contributed by atoms with Crippen LogP contribution < -0.4 is 24.8 Å². The number of carbonyl (C=O) groups excluding carboxylic acids is 2. The van der Waals surface area contributed by atoms with Crippen molar-refractivity contribution < 1.29 is 28.2 Å². The Balaban J connectivity index is 1.40. The van der Waals surface area contributed by atoms with Crippen molar-refractivity contribution in [3.63, 3.8) is 0 Å². The Kier molecular flexibility index (Phi) is 6.96. The minimum Gasteiger partial charge on any atom is -0.484 e. The number of benzene rings is 1. The van der Waals surface area contributed by atoms with Crippen LogP contribution in [0.2, 0.25) is 5.02 Å². The number of hydrogen-bond acceptors (Lipinski definition) is 6. The molecule has 1 unspecified atom stereocenters. The Morgan fingerprint density at radius 3 is 2.48 bits per heavy atom. The van der Waals surface area contributed by atoms with Gasteiger partial charge >= 0.3 is 0 Å². The molecule has 1 heterocycles. The number of methoxy groups -OCH3 is 1. The van der Waals surface area contributed by atoms with Crippen LogP contribution in [-0.4, -0.2) is 42.7 Å². The summed E-state index contributed by atoms with van der Waals surface area (Å²) in [6, 6.07) is 7.21. The minimum absolute atomic E-state index is 0.0242. The highest BCUT2D eigenvalue weighted by atomic mass is 35.5. The molecule has 2 amide bonds. The van der Waals surface area contributed by atoms with Gasteiger partial charge in [0.05, 0.1) is 23.9 Å². The van der Waals surface area contributed by atoms with E-state index >= 15 is 0 Å². The van der Waals surface area contributed by atoms with Gasteiger partial charge in [0.1, 0.15) is 17.3 Å². The van der Waals surface area contributed by atoms with Crippen LogP contribution >= 0.6 is 11.6 Å². The van der Waals surface area contributed by atoms with Crippen molar-refractivity contribution in [2.24, 2.45) is 0 Å². The summed E-state index contributed by atoms with van der Waals surface area (Å²) in [4.78, 5) is 28.1. The molecule has 1 aromatic heterocycles. The van der Waals surface area contributed by atoms with Gasteiger partial charge in [0.2, 0.25) is 5.88 Å². The van der Waals surface area contributed by atoms with E-state index < -0.39 is 17.3 Å². The summed E-state index contributed by atoms with van der Waals surface area (Å²) < 4.78 is 29.0. The molecule has 1 aliphatic carbocycles. The number of halogens is 2. The summed E-state index contributed by atoms with van der Waals surface area (Å²) in [5, 5.41) is 5.50. The lowest BCUT2D eigenvalue weighted by Gasteiger charge is -2.37. The van der Waals surface area contributed by atoms with Crippen LogP contribution in [0.4, 0.5) is 4.39 Å². The monoisotopic (exact) mass is 449 g/mol. The number of amides is 2. The van der Waals surface area contributed by atoms with Crippen LogP contribution in [0.1, 0.15) is 13.3 Å². The topological polar surface area (TPSA) is 98.8 Å². The molecule has 10 heteroatoms. The lowest BCUT2D eigenvalue weighted by molar-refractivity contribution is -0.124. The van der Waals surface area contributed by atoms with Crippen molar-refractivity contribution >= 4 is 23.4 Å². The molecule has 1 aromatic carbocycles. The second-order valence-corrected chi connectivity index (χ2v) is 7.46. The third kappa shape index (κ3) is 6.32. The van der Waals surface area contributed by atoms with Gasteiger partial charge in [-0.3, -0.25) is 9.59 Å². The van der Waals surface area contributed by atoms with E-state index in [1.165, 1.54) is 25.4 Å². The van der Waals surface area contributed by atoms with Crippen molar-refractivity contribution in [3.8, 4) is 17.4 Å². The Morgan fingerprint density at radius 2 is 1.84 bits per heavy atom. The van der Waals surface area contributed by atoms with Crippen molar-refractivity contribution in [2.45, 2.75) is 18.9 Å².